The number of phenolic OH excluding ortho intramolecular Hbond substituents is 1. The number of aromatic hydroxyl groups is 1. The number of aromatic carboxylic acids is 1. The fourth-order valence-corrected chi connectivity index (χ4v) is 3.83. The smallest absolute Gasteiger partial charge is 0.339 e. The fraction of sp³-hybridized carbons (Fsp3) is 0.138. The van der Waals surface area contributed by atoms with Gasteiger partial charge in [0.15, 0.2) is 0 Å². The van der Waals surface area contributed by atoms with E-state index in [0.717, 1.165) is 23.8 Å². The SMILES string of the molecule is CC(CCc1ccccc1)Nc1c(F)c(Oc2cccc(C(=N)N)c2)nc(Oc2ccc(O)cc2C(=O)O)c1F. The van der Waals surface area contributed by atoms with Crippen molar-refractivity contribution in [1.82, 2.24) is 4.98 Å². The van der Waals surface area contributed by atoms with Gasteiger partial charge in [0.25, 0.3) is 11.8 Å². The predicted molar refractivity (Wildman–Crippen MR) is 145 cm³/mol. The Morgan fingerprint density at radius 1 is 1.02 bits per heavy atom. The first kappa shape index (κ1) is 27.8. The molecule has 11 heteroatoms. The third-order valence-corrected chi connectivity index (χ3v) is 5.88. The summed E-state index contributed by atoms with van der Waals surface area (Å²) in [5.74, 6) is -6.08. The van der Waals surface area contributed by atoms with Crippen LogP contribution >= 0.6 is 0 Å². The number of phenols is 1. The molecule has 0 bridgehead atoms. The van der Waals surface area contributed by atoms with Gasteiger partial charge in [-0.3, -0.25) is 5.41 Å². The molecule has 1 heterocycles. The molecule has 0 aliphatic rings. The van der Waals surface area contributed by atoms with Crippen LogP contribution in [0.15, 0.2) is 72.8 Å². The Morgan fingerprint density at radius 2 is 1.73 bits per heavy atom. The van der Waals surface area contributed by atoms with Gasteiger partial charge in [-0.25, -0.2) is 4.79 Å². The summed E-state index contributed by atoms with van der Waals surface area (Å²) < 4.78 is 42.4. The van der Waals surface area contributed by atoms with Gasteiger partial charge in [-0.05, 0) is 55.7 Å². The van der Waals surface area contributed by atoms with Crippen molar-refractivity contribution in [2.45, 2.75) is 25.8 Å². The van der Waals surface area contributed by atoms with Crippen LogP contribution in [0.5, 0.6) is 29.0 Å². The third-order valence-electron chi connectivity index (χ3n) is 5.88. The van der Waals surface area contributed by atoms with Crippen LogP contribution in [0.4, 0.5) is 14.5 Å². The molecular formula is C29H26F2N4O5. The molecule has 0 aliphatic heterocycles. The molecule has 1 aromatic heterocycles. The van der Waals surface area contributed by atoms with Crippen molar-refractivity contribution >= 4 is 17.5 Å². The van der Waals surface area contributed by atoms with Crippen molar-refractivity contribution in [3.63, 3.8) is 0 Å². The minimum Gasteiger partial charge on any atom is -0.508 e. The summed E-state index contributed by atoms with van der Waals surface area (Å²) in [7, 11) is 0. The van der Waals surface area contributed by atoms with E-state index in [2.05, 4.69) is 10.3 Å². The summed E-state index contributed by atoms with van der Waals surface area (Å²) in [4.78, 5) is 15.5. The van der Waals surface area contributed by atoms with E-state index in [1.165, 1.54) is 18.2 Å². The molecule has 0 amide bonds. The van der Waals surface area contributed by atoms with Crippen LogP contribution in [0.2, 0.25) is 0 Å². The average Bonchev–Trinajstić information content (AvgIpc) is 2.94. The predicted octanol–water partition coefficient (Wildman–Crippen LogP) is 6.07. The summed E-state index contributed by atoms with van der Waals surface area (Å²) in [6, 6.07) is 18.3. The number of rotatable bonds is 11. The summed E-state index contributed by atoms with van der Waals surface area (Å²) in [5, 5.41) is 29.6. The Labute approximate surface area is 228 Å². The number of aromatic nitrogens is 1. The highest BCUT2D eigenvalue weighted by Gasteiger charge is 2.26. The molecule has 0 saturated carbocycles. The van der Waals surface area contributed by atoms with E-state index in [9.17, 15) is 15.0 Å². The fourth-order valence-electron chi connectivity index (χ4n) is 3.83. The number of nitrogens with zero attached hydrogens (tertiary/aromatic N) is 1. The highest BCUT2D eigenvalue weighted by atomic mass is 19.1. The number of nitrogens with two attached hydrogens (primary N) is 1. The molecule has 0 radical (unpaired) electrons. The van der Waals surface area contributed by atoms with E-state index < -0.39 is 46.7 Å². The van der Waals surface area contributed by atoms with E-state index in [0.29, 0.717) is 18.4 Å². The number of halogens is 2. The highest BCUT2D eigenvalue weighted by molar-refractivity contribution is 5.95. The van der Waals surface area contributed by atoms with Crippen molar-refractivity contribution in [2.24, 2.45) is 5.73 Å². The molecule has 4 rings (SSSR count). The van der Waals surface area contributed by atoms with E-state index >= 15 is 8.78 Å². The number of hydrogen-bond donors (Lipinski definition) is 5. The zero-order valence-electron chi connectivity index (χ0n) is 21.3. The van der Waals surface area contributed by atoms with Crippen molar-refractivity contribution in [1.29, 1.82) is 5.41 Å². The molecule has 40 heavy (non-hydrogen) atoms. The molecule has 4 aromatic rings. The van der Waals surface area contributed by atoms with Crippen LogP contribution < -0.4 is 20.5 Å². The monoisotopic (exact) mass is 548 g/mol. The van der Waals surface area contributed by atoms with Crippen molar-refractivity contribution < 1.29 is 33.3 Å². The minimum absolute atomic E-state index is 0.0654. The minimum atomic E-state index is -1.45. The van der Waals surface area contributed by atoms with Gasteiger partial charge in [0.05, 0.1) is 0 Å². The molecule has 6 N–H and O–H groups in total. The number of nitrogens with one attached hydrogen (secondary N) is 2. The normalized spacial score (nSPS) is 11.5. The van der Waals surface area contributed by atoms with Crippen molar-refractivity contribution in [3.05, 3.63) is 101 Å². The second-order valence-electron chi connectivity index (χ2n) is 8.93. The van der Waals surface area contributed by atoms with Crippen LogP contribution in [-0.4, -0.2) is 33.0 Å². The molecule has 0 aliphatic carbocycles. The van der Waals surface area contributed by atoms with Crippen molar-refractivity contribution in [2.75, 3.05) is 5.32 Å². The lowest BCUT2D eigenvalue weighted by Gasteiger charge is -2.19. The van der Waals surface area contributed by atoms with Gasteiger partial charge >= 0.3 is 5.97 Å². The summed E-state index contributed by atoms with van der Waals surface area (Å²) in [6.45, 7) is 1.75. The number of ether oxygens (including phenoxy) is 2. The molecule has 1 atom stereocenters. The van der Waals surface area contributed by atoms with Gasteiger partial charge in [0, 0.05) is 11.6 Å². The van der Waals surface area contributed by atoms with Crippen LogP contribution in [0, 0.1) is 17.0 Å². The lowest BCUT2D eigenvalue weighted by atomic mass is 10.1. The molecule has 0 saturated heterocycles. The number of aryl methyl sites for hydroxylation is 1. The van der Waals surface area contributed by atoms with Crippen LogP contribution in [0.1, 0.15) is 34.8 Å². The number of hydrogen-bond acceptors (Lipinski definition) is 7. The maximum atomic E-state index is 15.7. The number of amidine groups is 1. The van der Waals surface area contributed by atoms with Gasteiger partial charge in [-0.2, -0.15) is 13.8 Å². The second kappa shape index (κ2) is 12.1. The Balaban J connectivity index is 1.71. The first-order valence-electron chi connectivity index (χ1n) is 12.2. The number of benzene rings is 3. The molecule has 0 spiro atoms. The first-order chi connectivity index (χ1) is 19.1. The number of carboxylic acids is 1. The Morgan fingerprint density at radius 3 is 2.40 bits per heavy atom. The Hall–Kier alpha value is -5.19. The topological polar surface area (TPSA) is 151 Å². The Bertz CT molecular complexity index is 1550. The quantitative estimate of drug-likeness (QED) is 0.112. The lowest BCUT2D eigenvalue weighted by Crippen LogP contribution is -2.19. The zero-order valence-corrected chi connectivity index (χ0v) is 21.3. The molecule has 1 unspecified atom stereocenters. The zero-order chi connectivity index (χ0) is 28.8. The largest absolute Gasteiger partial charge is 0.508 e. The highest BCUT2D eigenvalue weighted by Crippen LogP contribution is 2.38. The molecule has 206 valence electrons. The number of carbonyl (C=O) groups is 1. The van der Waals surface area contributed by atoms with Crippen LogP contribution in [-0.2, 0) is 6.42 Å². The first-order valence-corrected chi connectivity index (χ1v) is 12.2. The van der Waals surface area contributed by atoms with Gasteiger partial charge in [0.2, 0.25) is 11.6 Å². The van der Waals surface area contributed by atoms with E-state index in [-0.39, 0.29) is 23.1 Å². The van der Waals surface area contributed by atoms with Crippen LogP contribution in [0.25, 0.3) is 0 Å². The maximum absolute atomic E-state index is 15.7. The van der Waals surface area contributed by atoms with Crippen molar-refractivity contribution in [3.8, 4) is 29.0 Å². The van der Waals surface area contributed by atoms with Gasteiger partial charge in [0.1, 0.15) is 34.3 Å². The molecular weight excluding hydrogens is 522 g/mol. The second-order valence-corrected chi connectivity index (χ2v) is 8.93. The lowest BCUT2D eigenvalue weighted by molar-refractivity contribution is 0.0693. The van der Waals surface area contributed by atoms with Gasteiger partial charge in [-0.15, -0.1) is 0 Å². The third kappa shape index (κ3) is 6.62. The van der Waals surface area contributed by atoms with E-state index in [1.54, 1.807) is 13.0 Å². The average molecular weight is 549 g/mol. The summed E-state index contributed by atoms with van der Waals surface area (Å²) in [5.41, 5.74) is 5.84. The maximum Gasteiger partial charge on any atom is 0.339 e. The summed E-state index contributed by atoms with van der Waals surface area (Å²) in [6.07, 6.45) is 1.17. The van der Waals surface area contributed by atoms with E-state index in [4.69, 9.17) is 20.6 Å². The Kier molecular flexibility index (Phi) is 8.43. The number of nitrogen functional groups attached to an aromatic ring is 1. The number of carboxylic acid groups (broad SMARTS) is 1. The van der Waals surface area contributed by atoms with E-state index in [1.807, 2.05) is 30.3 Å². The summed E-state index contributed by atoms with van der Waals surface area (Å²) >= 11 is 0. The van der Waals surface area contributed by atoms with Gasteiger partial charge < -0.3 is 30.7 Å². The molecule has 9 nitrogen and oxygen atoms in total. The molecule has 3 aromatic carbocycles. The number of pyridine rings is 1. The number of anilines is 1. The standard InChI is InChI=1S/C29H26F2N4O5/c1-16(10-11-17-6-3-2-4-7-17)34-25-23(30)27(39-20-9-5-8-18(14-20)26(32)33)35-28(24(25)31)40-22-13-12-19(36)15-21(22)29(37)38/h2-9,12-16,36H,10-11H2,1H3,(H3,32,33)(H,34,35)(H,37,38). The van der Waals surface area contributed by atoms with Crippen LogP contribution in [0.3, 0.4) is 0 Å². The molecule has 0 fully saturated rings. The van der Waals surface area contributed by atoms with Gasteiger partial charge in [-0.1, -0.05) is 42.5 Å².